The van der Waals surface area contributed by atoms with Crippen LogP contribution in [0.5, 0.6) is 0 Å². The summed E-state index contributed by atoms with van der Waals surface area (Å²) in [7, 11) is -3.63. The second-order valence-corrected chi connectivity index (χ2v) is 6.95. The molecule has 0 atom stereocenters. The van der Waals surface area contributed by atoms with Gasteiger partial charge in [-0.1, -0.05) is 41.3 Å². The predicted octanol–water partition coefficient (Wildman–Crippen LogP) is 3.52. The number of nitrogens with zero attached hydrogens (tertiary/aromatic N) is 1. The Balaban J connectivity index is 2.49. The van der Waals surface area contributed by atoms with E-state index in [-0.39, 0.29) is 11.4 Å². The zero-order chi connectivity index (χ0) is 16.2. The summed E-state index contributed by atoms with van der Waals surface area (Å²) in [4.78, 5) is 0.275. The van der Waals surface area contributed by atoms with E-state index >= 15 is 0 Å². The Morgan fingerprint density at radius 2 is 1.41 bits per heavy atom. The van der Waals surface area contributed by atoms with Gasteiger partial charge in [0.25, 0.3) is 10.0 Å². The molecule has 0 aliphatic carbocycles. The van der Waals surface area contributed by atoms with Gasteiger partial charge in [0.05, 0.1) is 17.1 Å². The van der Waals surface area contributed by atoms with Gasteiger partial charge in [-0.3, -0.25) is 4.31 Å². The van der Waals surface area contributed by atoms with Crippen LogP contribution in [0.25, 0.3) is 0 Å². The molecule has 0 aliphatic heterocycles. The van der Waals surface area contributed by atoms with E-state index in [1.165, 1.54) is 4.31 Å². The van der Waals surface area contributed by atoms with Crippen LogP contribution < -0.4 is 4.31 Å². The van der Waals surface area contributed by atoms with Crippen molar-refractivity contribution in [2.24, 2.45) is 0 Å². The minimum Gasteiger partial charge on any atom is -0.254 e. The lowest BCUT2D eigenvalue weighted by atomic mass is 10.2. The molecule has 0 fully saturated rings. The summed E-state index contributed by atoms with van der Waals surface area (Å²) in [5.74, 6) is 5.60. The van der Waals surface area contributed by atoms with Crippen LogP contribution >= 0.6 is 0 Å². The standard InChI is InChI=1S/C18H19NO2S/c1-4-5-14-19(17-10-6-15(2)7-11-17)22(20,21)18-12-8-16(3)9-13-18/h6-13H,14H2,1-3H3. The van der Waals surface area contributed by atoms with Gasteiger partial charge in [-0.15, -0.1) is 5.92 Å². The van der Waals surface area contributed by atoms with Crippen LogP contribution in [-0.4, -0.2) is 15.0 Å². The maximum absolute atomic E-state index is 12.9. The van der Waals surface area contributed by atoms with Crippen molar-refractivity contribution in [1.82, 2.24) is 0 Å². The molecule has 22 heavy (non-hydrogen) atoms. The fourth-order valence-electron chi connectivity index (χ4n) is 2.01. The number of aryl methyl sites for hydroxylation is 2. The first-order chi connectivity index (χ1) is 10.4. The lowest BCUT2D eigenvalue weighted by molar-refractivity contribution is 0.593. The molecule has 0 bridgehead atoms. The topological polar surface area (TPSA) is 37.4 Å². The van der Waals surface area contributed by atoms with Crippen molar-refractivity contribution < 1.29 is 8.42 Å². The van der Waals surface area contributed by atoms with E-state index in [0.29, 0.717) is 5.69 Å². The smallest absolute Gasteiger partial charge is 0.254 e. The molecule has 0 aromatic heterocycles. The van der Waals surface area contributed by atoms with Gasteiger partial charge < -0.3 is 0 Å². The first-order valence-corrected chi connectivity index (χ1v) is 8.45. The van der Waals surface area contributed by atoms with E-state index < -0.39 is 10.0 Å². The van der Waals surface area contributed by atoms with E-state index in [0.717, 1.165) is 11.1 Å². The van der Waals surface area contributed by atoms with Crippen molar-refractivity contribution in [3.8, 4) is 11.8 Å². The number of sulfonamides is 1. The number of rotatable bonds is 4. The zero-order valence-electron chi connectivity index (χ0n) is 13.0. The third-order valence-electron chi connectivity index (χ3n) is 3.33. The summed E-state index contributed by atoms with van der Waals surface area (Å²) >= 11 is 0. The quantitative estimate of drug-likeness (QED) is 0.810. The molecule has 0 N–H and O–H groups in total. The van der Waals surface area contributed by atoms with Crippen molar-refractivity contribution in [3.63, 3.8) is 0 Å². The molecular weight excluding hydrogens is 294 g/mol. The van der Waals surface area contributed by atoms with Crippen LogP contribution in [0.1, 0.15) is 18.1 Å². The number of anilines is 1. The summed E-state index contributed by atoms with van der Waals surface area (Å²) in [6, 6.07) is 14.3. The molecule has 4 heteroatoms. The Hall–Kier alpha value is -2.25. The minimum absolute atomic E-state index is 0.135. The Morgan fingerprint density at radius 3 is 1.91 bits per heavy atom. The van der Waals surface area contributed by atoms with Gasteiger partial charge in [0.1, 0.15) is 0 Å². The van der Waals surface area contributed by atoms with Gasteiger partial charge in [-0.05, 0) is 45.0 Å². The average molecular weight is 313 g/mol. The summed E-state index contributed by atoms with van der Waals surface area (Å²) in [6.45, 7) is 5.73. The van der Waals surface area contributed by atoms with Crippen molar-refractivity contribution in [3.05, 3.63) is 59.7 Å². The minimum atomic E-state index is -3.63. The lowest BCUT2D eigenvalue weighted by Gasteiger charge is -2.22. The number of benzene rings is 2. The first kappa shape index (κ1) is 16.1. The van der Waals surface area contributed by atoms with Crippen LogP contribution in [0, 0.1) is 25.7 Å². The SMILES string of the molecule is CC#CCN(c1ccc(C)cc1)S(=O)(=O)c1ccc(C)cc1. The van der Waals surface area contributed by atoms with E-state index in [2.05, 4.69) is 11.8 Å². The van der Waals surface area contributed by atoms with Gasteiger partial charge in [-0.25, -0.2) is 8.42 Å². The van der Waals surface area contributed by atoms with E-state index in [1.54, 1.807) is 43.3 Å². The van der Waals surface area contributed by atoms with Gasteiger partial charge in [0, 0.05) is 0 Å². The lowest BCUT2D eigenvalue weighted by Crippen LogP contribution is -2.31. The Morgan fingerprint density at radius 1 is 0.909 bits per heavy atom. The van der Waals surface area contributed by atoms with Crippen molar-refractivity contribution in [2.45, 2.75) is 25.7 Å². The maximum atomic E-state index is 12.9. The summed E-state index contributed by atoms with van der Waals surface area (Å²) < 4.78 is 27.1. The second kappa shape index (κ2) is 6.67. The first-order valence-electron chi connectivity index (χ1n) is 7.01. The van der Waals surface area contributed by atoms with Gasteiger partial charge in [0.15, 0.2) is 0 Å². The van der Waals surface area contributed by atoms with E-state index in [4.69, 9.17) is 0 Å². The third kappa shape index (κ3) is 3.49. The maximum Gasteiger partial charge on any atom is 0.265 e. The Bertz CT molecular complexity index is 795. The van der Waals surface area contributed by atoms with Crippen LogP contribution in [0.15, 0.2) is 53.4 Å². The van der Waals surface area contributed by atoms with Crippen LogP contribution in [0.3, 0.4) is 0 Å². The molecule has 3 nitrogen and oxygen atoms in total. The van der Waals surface area contributed by atoms with Gasteiger partial charge in [-0.2, -0.15) is 0 Å². The molecular formula is C18H19NO2S. The highest BCUT2D eigenvalue weighted by atomic mass is 32.2. The van der Waals surface area contributed by atoms with Crippen molar-refractivity contribution in [2.75, 3.05) is 10.8 Å². The molecule has 0 heterocycles. The van der Waals surface area contributed by atoms with Crippen LogP contribution in [-0.2, 0) is 10.0 Å². The summed E-state index contributed by atoms with van der Waals surface area (Å²) in [5.41, 5.74) is 2.72. The molecule has 0 radical (unpaired) electrons. The summed E-state index contributed by atoms with van der Waals surface area (Å²) in [6.07, 6.45) is 0. The largest absolute Gasteiger partial charge is 0.265 e. The molecule has 0 unspecified atom stereocenters. The van der Waals surface area contributed by atoms with Crippen molar-refractivity contribution >= 4 is 15.7 Å². The van der Waals surface area contributed by atoms with Crippen LogP contribution in [0.2, 0.25) is 0 Å². The molecule has 0 saturated carbocycles. The van der Waals surface area contributed by atoms with Gasteiger partial charge in [0.2, 0.25) is 0 Å². The fraction of sp³-hybridized carbons (Fsp3) is 0.222. The predicted molar refractivity (Wildman–Crippen MR) is 90.3 cm³/mol. The van der Waals surface area contributed by atoms with Gasteiger partial charge >= 0.3 is 0 Å². The summed E-state index contributed by atoms with van der Waals surface area (Å²) in [5, 5.41) is 0. The highest BCUT2D eigenvalue weighted by molar-refractivity contribution is 7.92. The number of hydrogen-bond donors (Lipinski definition) is 0. The normalized spacial score (nSPS) is 10.7. The molecule has 2 aromatic carbocycles. The van der Waals surface area contributed by atoms with Crippen molar-refractivity contribution in [1.29, 1.82) is 0 Å². The molecule has 2 aromatic rings. The molecule has 114 valence electrons. The number of hydrogen-bond acceptors (Lipinski definition) is 2. The van der Waals surface area contributed by atoms with Crippen LogP contribution in [0.4, 0.5) is 5.69 Å². The average Bonchev–Trinajstić information content (AvgIpc) is 2.49. The second-order valence-electron chi connectivity index (χ2n) is 5.09. The Labute approximate surface area is 132 Å². The molecule has 0 spiro atoms. The zero-order valence-corrected chi connectivity index (χ0v) is 13.8. The monoisotopic (exact) mass is 313 g/mol. The van der Waals surface area contributed by atoms with E-state index in [9.17, 15) is 8.42 Å². The molecule has 0 amide bonds. The third-order valence-corrected chi connectivity index (χ3v) is 5.12. The fourth-order valence-corrected chi connectivity index (χ4v) is 3.38. The highest BCUT2D eigenvalue weighted by Crippen LogP contribution is 2.24. The molecule has 2 rings (SSSR count). The molecule has 0 saturated heterocycles. The Kier molecular flexibility index (Phi) is 4.89. The molecule has 0 aliphatic rings. The highest BCUT2D eigenvalue weighted by Gasteiger charge is 2.24. The van der Waals surface area contributed by atoms with E-state index in [1.807, 2.05) is 26.0 Å².